The van der Waals surface area contributed by atoms with E-state index in [2.05, 4.69) is 10.3 Å². The number of benzene rings is 2. The molecule has 7 nitrogen and oxygen atoms in total. The van der Waals surface area contributed by atoms with Crippen LogP contribution >= 0.6 is 0 Å². The normalized spacial score (nSPS) is 15.1. The number of nitrogens with one attached hydrogen (secondary N) is 1. The lowest BCUT2D eigenvalue weighted by atomic mass is 9.77. The zero-order chi connectivity index (χ0) is 27.9. The summed E-state index contributed by atoms with van der Waals surface area (Å²) in [7, 11) is 0. The molecule has 2 heterocycles. The van der Waals surface area contributed by atoms with E-state index in [1.807, 2.05) is 46.8 Å². The lowest BCUT2D eigenvalue weighted by molar-refractivity contribution is -0.137. The third-order valence-electron chi connectivity index (χ3n) is 6.19. The fraction of sp³-hybridized carbons (Fsp3) is 0.393. The van der Waals surface area contributed by atoms with Crippen LogP contribution in [0.1, 0.15) is 67.2 Å². The summed E-state index contributed by atoms with van der Waals surface area (Å²) >= 11 is 0. The number of alkyl halides is 3. The monoisotopic (exact) mass is 528 g/mol. The molecule has 0 radical (unpaired) electrons. The zero-order valence-corrected chi connectivity index (χ0v) is 22.0. The van der Waals surface area contributed by atoms with E-state index in [1.54, 1.807) is 27.8 Å². The number of hydrogen-bond acceptors (Lipinski definition) is 4. The second-order valence-corrected chi connectivity index (χ2v) is 11.2. The number of imidazole rings is 1. The lowest BCUT2D eigenvalue weighted by Crippen LogP contribution is -2.47. The number of aromatic nitrogens is 2. The molecule has 0 spiro atoms. The predicted molar refractivity (Wildman–Crippen MR) is 137 cm³/mol. The number of rotatable bonds is 4. The zero-order valence-electron chi connectivity index (χ0n) is 22.0. The molecule has 3 aromatic rings. The van der Waals surface area contributed by atoms with Crippen molar-refractivity contribution in [1.29, 1.82) is 0 Å². The molecular formula is C28H31F3N4O3. The summed E-state index contributed by atoms with van der Waals surface area (Å²) in [5, 5.41) is 2.75. The topological polar surface area (TPSA) is 76.5 Å². The molecule has 2 aromatic carbocycles. The van der Waals surface area contributed by atoms with E-state index < -0.39 is 22.8 Å². The molecule has 0 saturated heterocycles. The van der Waals surface area contributed by atoms with Gasteiger partial charge in [0.25, 0.3) is 5.91 Å². The average molecular weight is 529 g/mol. The summed E-state index contributed by atoms with van der Waals surface area (Å²) in [6.45, 7) is 10.5. The van der Waals surface area contributed by atoms with Gasteiger partial charge in [0.2, 0.25) is 0 Å². The van der Waals surface area contributed by atoms with Crippen LogP contribution in [0.15, 0.2) is 55.0 Å². The van der Waals surface area contributed by atoms with Crippen LogP contribution in [0.4, 0.5) is 23.8 Å². The minimum atomic E-state index is -4.42. The summed E-state index contributed by atoms with van der Waals surface area (Å²) in [5.41, 5.74) is 1.10. The second-order valence-electron chi connectivity index (χ2n) is 11.2. The van der Waals surface area contributed by atoms with Gasteiger partial charge in [-0.2, -0.15) is 13.2 Å². The lowest BCUT2D eigenvalue weighted by Gasteiger charge is -2.40. The maximum Gasteiger partial charge on any atom is 0.416 e. The molecule has 0 saturated carbocycles. The van der Waals surface area contributed by atoms with E-state index >= 15 is 0 Å². The first kappa shape index (κ1) is 27.2. The van der Waals surface area contributed by atoms with Crippen LogP contribution in [0.2, 0.25) is 0 Å². The number of halogens is 3. The van der Waals surface area contributed by atoms with Gasteiger partial charge >= 0.3 is 12.3 Å². The van der Waals surface area contributed by atoms with Gasteiger partial charge in [0.15, 0.2) is 5.82 Å². The summed E-state index contributed by atoms with van der Waals surface area (Å²) in [6.07, 6.45) is -1.77. The molecule has 0 fully saturated rings. The van der Waals surface area contributed by atoms with E-state index in [4.69, 9.17) is 4.74 Å². The number of fused-ring (bicyclic) bond motifs is 1. The molecule has 4 rings (SSSR count). The molecule has 38 heavy (non-hydrogen) atoms. The van der Waals surface area contributed by atoms with Crippen LogP contribution in [-0.2, 0) is 29.4 Å². The fourth-order valence-corrected chi connectivity index (χ4v) is 4.52. The molecule has 0 bridgehead atoms. The minimum Gasteiger partial charge on any atom is -0.444 e. The molecule has 0 atom stereocenters. The van der Waals surface area contributed by atoms with Crippen LogP contribution in [0.25, 0.3) is 0 Å². The van der Waals surface area contributed by atoms with E-state index in [9.17, 15) is 22.8 Å². The smallest absolute Gasteiger partial charge is 0.416 e. The van der Waals surface area contributed by atoms with Gasteiger partial charge in [-0.25, -0.2) is 9.78 Å². The van der Waals surface area contributed by atoms with Crippen molar-refractivity contribution in [1.82, 2.24) is 14.5 Å². The molecule has 1 aliphatic heterocycles. The average Bonchev–Trinajstić information content (AvgIpc) is 3.23. The third kappa shape index (κ3) is 6.35. The van der Waals surface area contributed by atoms with E-state index in [0.29, 0.717) is 24.2 Å². The van der Waals surface area contributed by atoms with Crippen molar-refractivity contribution in [2.75, 3.05) is 11.9 Å². The van der Waals surface area contributed by atoms with Gasteiger partial charge in [-0.15, -0.1) is 0 Å². The standard InChI is InChI=1S/C28H31F3N4O3/c1-26(2,3)38-25(37)35-14-20-10-9-19(12-22(20)27(4,5)16-35)24(36)33-23-15-34(17-32-23)13-18-7-6-8-21(11-18)28(29,30)31/h6-12,15,17H,13-14,16H2,1-5H3,(H,33,36). The van der Waals surface area contributed by atoms with Gasteiger partial charge < -0.3 is 19.5 Å². The maximum absolute atomic E-state index is 13.0. The molecule has 202 valence electrons. The number of amides is 2. The van der Waals surface area contributed by atoms with Crippen molar-refractivity contribution < 1.29 is 27.5 Å². The Morgan fingerprint density at radius 1 is 1.11 bits per heavy atom. The summed E-state index contributed by atoms with van der Waals surface area (Å²) in [4.78, 5) is 31.5. The van der Waals surface area contributed by atoms with Gasteiger partial charge in [0, 0.05) is 36.8 Å². The van der Waals surface area contributed by atoms with Gasteiger partial charge in [-0.1, -0.05) is 32.0 Å². The second kappa shape index (κ2) is 9.81. The van der Waals surface area contributed by atoms with E-state index in [-0.39, 0.29) is 24.4 Å². The van der Waals surface area contributed by atoms with Crippen LogP contribution < -0.4 is 5.32 Å². The quantitative estimate of drug-likeness (QED) is 0.436. The Morgan fingerprint density at radius 3 is 2.53 bits per heavy atom. The maximum atomic E-state index is 13.0. The molecule has 0 unspecified atom stereocenters. The fourth-order valence-electron chi connectivity index (χ4n) is 4.52. The number of carbonyl (C=O) groups excluding carboxylic acids is 2. The van der Waals surface area contributed by atoms with Gasteiger partial charge in [0.05, 0.1) is 11.9 Å². The van der Waals surface area contributed by atoms with Crippen molar-refractivity contribution in [3.8, 4) is 0 Å². The Labute approximate surface area is 219 Å². The number of carbonyl (C=O) groups is 2. The first-order chi connectivity index (χ1) is 17.6. The Kier molecular flexibility index (Phi) is 7.03. The summed E-state index contributed by atoms with van der Waals surface area (Å²) < 4.78 is 46.1. The number of nitrogens with zero attached hydrogens (tertiary/aromatic N) is 3. The van der Waals surface area contributed by atoms with Crippen molar-refractivity contribution in [3.05, 3.63) is 82.8 Å². The van der Waals surface area contributed by atoms with Gasteiger partial charge in [-0.05, 0) is 61.7 Å². The van der Waals surface area contributed by atoms with E-state index in [1.165, 1.54) is 12.4 Å². The van der Waals surface area contributed by atoms with Crippen molar-refractivity contribution in [2.24, 2.45) is 0 Å². The molecular weight excluding hydrogens is 497 g/mol. The first-order valence-electron chi connectivity index (χ1n) is 12.2. The Hall–Kier alpha value is -3.82. The van der Waals surface area contributed by atoms with Crippen molar-refractivity contribution >= 4 is 17.8 Å². The Bertz CT molecular complexity index is 1360. The SMILES string of the molecule is CC(C)(C)OC(=O)N1Cc2ccc(C(=O)Nc3cn(Cc4cccc(C(F)(F)F)c4)cn3)cc2C(C)(C)C1. The van der Waals surface area contributed by atoms with Crippen LogP contribution in [0.3, 0.4) is 0 Å². The number of anilines is 1. The molecule has 1 aliphatic rings. The Morgan fingerprint density at radius 2 is 1.84 bits per heavy atom. The summed E-state index contributed by atoms with van der Waals surface area (Å²) in [5.74, 6) is -0.0717. The van der Waals surface area contributed by atoms with E-state index in [0.717, 1.165) is 23.3 Å². The molecule has 1 N–H and O–H groups in total. The van der Waals surface area contributed by atoms with Crippen molar-refractivity contribution in [2.45, 2.75) is 64.9 Å². The van der Waals surface area contributed by atoms with Gasteiger partial charge in [0.1, 0.15) is 5.60 Å². The first-order valence-corrected chi connectivity index (χ1v) is 12.2. The third-order valence-corrected chi connectivity index (χ3v) is 6.19. The molecule has 1 aromatic heterocycles. The predicted octanol–water partition coefficient (Wildman–Crippen LogP) is 6.23. The minimum absolute atomic E-state index is 0.175. The largest absolute Gasteiger partial charge is 0.444 e. The Balaban J connectivity index is 1.45. The summed E-state index contributed by atoms with van der Waals surface area (Å²) in [6, 6.07) is 10.5. The highest BCUT2D eigenvalue weighted by Gasteiger charge is 2.36. The highest BCUT2D eigenvalue weighted by atomic mass is 19.4. The van der Waals surface area contributed by atoms with Crippen molar-refractivity contribution in [3.63, 3.8) is 0 Å². The van der Waals surface area contributed by atoms with Gasteiger partial charge in [-0.3, -0.25) is 4.79 Å². The highest BCUT2D eigenvalue weighted by Crippen LogP contribution is 2.35. The number of hydrogen-bond donors (Lipinski definition) is 1. The number of ether oxygens (including phenoxy) is 1. The van der Waals surface area contributed by atoms with Crippen LogP contribution in [0, 0.1) is 0 Å². The highest BCUT2D eigenvalue weighted by molar-refractivity contribution is 6.04. The molecule has 10 heteroatoms. The van der Waals surface area contributed by atoms with Crippen LogP contribution in [-0.4, -0.2) is 38.6 Å². The molecule has 0 aliphatic carbocycles. The molecule has 2 amide bonds. The van der Waals surface area contributed by atoms with Crippen LogP contribution in [0.5, 0.6) is 0 Å².